The van der Waals surface area contributed by atoms with Gasteiger partial charge in [0.25, 0.3) is 0 Å². The minimum atomic E-state index is -0.333. The molecule has 0 atom stereocenters. The van der Waals surface area contributed by atoms with Gasteiger partial charge in [0.1, 0.15) is 5.82 Å². The molecule has 5 heteroatoms. The highest BCUT2D eigenvalue weighted by molar-refractivity contribution is 5.89. The van der Waals surface area contributed by atoms with Crippen LogP contribution in [0.2, 0.25) is 0 Å². The summed E-state index contributed by atoms with van der Waals surface area (Å²) in [6, 6.07) is 11.2. The van der Waals surface area contributed by atoms with Crippen LogP contribution < -0.4 is 0 Å². The number of nitrogens with zero attached hydrogens (tertiary/aromatic N) is 3. The lowest BCUT2D eigenvalue weighted by Gasteiger charge is -2.09. The monoisotopic (exact) mass is 293 g/mol. The molecule has 0 saturated carbocycles. The van der Waals surface area contributed by atoms with Gasteiger partial charge in [-0.25, -0.2) is 9.78 Å². The number of carbonyl (C=O) groups is 1. The van der Waals surface area contributed by atoms with E-state index in [4.69, 9.17) is 4.74 Å². The van der Waals surface area contributed by atoms with Crippen molar-refractivity contribution in [2.75, 3.05) is 7.11 Å². The highest BCUT2D eigenvalue weighted by Gasteiger charge is 2.09. The van der Waals surface area contributed by atoms with Crippen molar-refractivity contribution in [3.63, 3.8) is 0 Å². The number of hydrogen-bond acceptors (Lipinski definition) is 4. The molecule has 3 aromatic rings. The second-order valence-corrected chi connectivity index (χ2v) is 4.81. The average molecular weight is 293 g/mol. The van der Waals surface area contributed by atoms with Gasteiger partial charge < -0.3 is 9.30 Å². The molecule has 3 rings (SSSR count). The number of aromatic nitrogens is 3. The molecule has 0 spiro atoms. The molecule has 0 aliphatic rings. The first-order valence-corrected chi connectivity index (χ1v) is 6.87. The number of hydrogen-bond donors (Lipinski definition) is 0. The molecule has 0 N–H and O–H groups in total. The molecule has 5 nitrogen and oxygen atoms in total. The summed E-state index contributed by atoms with van der Waals surface area (Å²) in [6.45, 7) is 0.620. The van der Waals surface area contributed by atoms with Crippen molar-refractivity contribution in [3.05, 3.63) is 72.3 Å². The molecule has 2 heterocycles. The number of rotatable bonds is 4. The van der Waals surface area contributed by atoms with Crippen LogP contribution in [-0.4, -0.2) is 27.6 Å². The highest BCUT2D eigenvalue weighted by atomic mass is 16.5. The van der Waals surface area contributed by atoms with Crippen LogP contribution in [0.15, 0.2) is 61.2 Å². The zero-order valence-electron chi connectivity index (χ0n) is 12.1. The fraction of sp³-hybridized carbons (Fsp3) is 0.118. The number of esters is 1. The Hall–Kier alpha value is -2.95. The Kier molecular flexibility index (Phi) is 3.96. The molecule has 0 bridgehead atoms. The van der Waals surface area contributed by atoms with E-state index in [1.165, 1.54) is 7.11 Å². The summed E-state index contributed by atoms with van der Waals surface area (Å²) in [6.07, 6.45) is 7.18. The molecule has 0 radical (unpaired) electrons. The maximum Gasteiger partial charge on any atom is 0.337 e. The van der Waals surface area contributed by atoms with Crippen molar-refractivity contribution in [3.8, 4) is 11.4 Å². The third-order valence-electron chi connectivity index (χ3n) is 3.34. The van der Waals surface area contributed by atoms with Gasteiger partial charge in [-0.1, -0.05) is 12.1 Å². The van der Waals surface area contributed by atoms with E-state index < -0.39 is 0 Å². The Morgan fingerprint density at radius 1 is 1.23 bits per heavy atom. The summed E-state index contributed by atoms with van der Waals surface area (Å²) in [4.78, 5) is 20.1. The van der Waals surface area contributed by atoms with Crippen molar-refractivity contribution in [1.29, 1.82) is 0 Å². The van der Waals surface area contributed by atoms with E-state index >= 15 is 0 Å². The van der Waals surface area contributed by atoms with E-state index in [0.29, 0.717) is 12.1 Å². The van der Waals surface area contributed by atoms with Gasteiger partial charge in [0.15, 0.2) is 0 Å². The lowest BCUT2D eigenvalue weighted by Crippen LogP contribution is -2.05. The predicted octanol–water partition coefficient (Wildman–Crippen LogP) is 2.78. The molecule has 0 saturated heterocycles. The molecular weight excluding hydrogens is 278 g/mol. The number of ether oxygens (including phenoxy) is 1. The van der Waals surface area contributed by atoms with Gasteiger partial charge in [0.05, 0.1) is 12.7 Å². The predicted molar refractivity (Wildman–Crippen MR) is 82.3 cm³/mol. The van der Waals surface area contributed by atoms with Gasteiger partial charge in [-0.3, -0.25) is 4.98 Å². The lowest BCUT2D eigenvalue weighted by atomic mass is 10.1. The van der Waals surface area contributed by atoms with Crippen LogP contribution in [-0.2, 0) is 11.3 Å². The topological polar surface area (TPSA) is 57.0 Å². The largest absolute Gasteiger partial charge is 0.465 e. The zero-order chi connectivity index (χ0) is 15.4. The standard InChI is InChI=1S/C17H15N3O2/c1-22-17(21)14-5-2-4-13(10-14)12-20-9-8-19-16(20)15-6-3-7-18-11-15/h2-11H,12H2,1H3. The van der Waals surface area contributed by atoms with Gasteiger partial charge in [-0.2, -0.15) is 0 Å². The Morgan fingerprint density at radius 2 is 2.14 bits per heavy atom. The van der Waals surface area contributed by atoms with Crippen LogP contribution in [0.5, 0.6) is 0 Å². The van der Waals surface area contributed by atoms with Crippen molar-refractivity contribution in [2.45, 2.75) is 6.54 Å². The first-order chi connectivity index (χ1) is 10.8. The van der Waals surface area contributed by atoms with Gasteiger partial charge in [0.2, 0.25) is 0 Å². The molecule has 110 valence electrons. The number of benzene rings is 1. The van der Waals surface area contributed by atoms with Gasteiger partial charge in [0, 0.05) is 36.9 Å². The van der Waals surface area contributed by atoms with Crippen LogP contribution >= 0.6 is 0 Å². The summed E-state index contributed by atoms with van der Waals surface area (Å²) < 4.78 is 6.77. The summed E-state index contributed by atoms with van der Waals surface area (Å²) in [5, 5.41) is 0. The summed E-state index contributed by atoms with van der Waals surface area (Å²) >= 11 is 0. The van der Waals surface area contributed by atoms with E-state index in [-0.39, 0.29) is 5.97 Å². The highest BCUT2D eigenvalue weighted by Crippen LogP contribution is 2.17. The van der Waals surface area contributed by atoms with Crippen LogP contribution in [0, 0.1) is 0 Å². The Balaban J connectivity index is 1.89. The molecule has 0 aliphatic carbocycles. The van der Waals surface area contributed by atoms with E-state index in [1.807, 2.05) is 41.1 Å². The molecular formula is C17H15N3O2. The van der Waals surface area contributed by atoms with Crippen molar-refractivity contribution in [2.24, 2.45) is 0 Å². The lowest BCUT2D eigenvalue weighted by molar-refractivity contribution is 0.0600. The summed E-state index contributed by atoms with van der Waals surface area (Å²) in [7, 11) is 1.38. The molecule has 0 aliphatic heterocycles. The normalized spacial score (nSPS) is 10.4. The van der Waals surface area contributed by atoms with E-state index in [1.54, 1.807) is 24.7 Å². The summed E-state index contributed by atoms with van der Waals surface area (Å²) in [5.74, 6) is 0.511. The van der Waals surface area contributed by atoms with Crippen molar-refractivity contribution < 1.29 is 9.53 Å². The minimum absolute atomic E-state index is 0.333. The second kappa shape index (κ2) is 6.22. The Morgan fingerprint density at radius 3 is 2.91 bits per heavy atom. The van der Waals surface area contributed by atoms with Crippen molar-refractivity contribution in [1.82, 2.24) is 14.5 Å². The maximum absolute atomic E-state index is 11.6. The number of pyridine rings is 1. The summed E-state index contributed by atoms with van der Waals surface area (Å²) in [5.41, 5.74) is 2.51. The third-order valence-corrected chi connectivity index (χ3v) is 3.34. The number of carbonyl (C=O) groups excluding carboxylic acids is 1. The maximum atomic E-state index is 11.6. The number of methoxy groups -OCH3 is 1. The van der Waals surface area contributed by atoms with E-state index in [9.17, 15) is 4.79 Å². The fourth-order valence-electron chi connectivity index (χ4n) is 2.30. The molecule has 0 fully saturated rings. The van der Waals surface area contributed by atoms with Crippen LogP contribution in [0.1, 0.15) is 15.9 Å². The first kappa shape index (κ1) is 14.0. The van der Waals surface area contributed by atoms with E-state index in [2.05, 4.69) is 9.97 Å². The minimum Gasteiger partial charge on any atom is -0.465 e. The SMILES string of the molecule is COC(=O)c1cccc(Cn2ccnc2-c2cccnc2)c1. The van der Waals surface area contributed by atoms with Crippen LogP contribution in [0.25, 0.3) is 11.4 Å². The first-order valence-electron chi connectivity index (χ1n) is 6.87. The van der Waals surface area contributed by atoms with Gasteiger partial charge in [-0.05, 0) is 29.8 Å². The average Bonchev–Trinajstić information content (AvgIpc) is 3.03. The van der Waals surface area contributed by atoms with Gasteiger partial charge >= 0.3 is 5.97 Å². The third kappa shape index (κ3) is 2.88. The second-order valence-electron chi connectivity index (χ2n) is 4.81. The molecule has 1 aromatic carbocycles. The molecule has 22 heavy (non-hydrogen) atoms. The Bertz CT molecular complexity index is 781. The zero-order valence-corrected chi connectivity index (χ0v) is 12.1. The van der Waals surface area contributed by atoms with Crippen LogP contribution in [0.4, 0.5) is 0 Å². The molecule has 2 aromatic heterocycles. The van der Waals surface area contributed by atoms with Crippen molar-refractivity contribution >= 4 is 5.97 Å². The van der Waals surface area contributed by atoms with Gasteiger partial charge in [-0.15, -0.1) is 0 Å². The fourth-order valence-corrected chi connectivity index (χ4v) is 2.30. The smallest absolute Gasteiger partial charge is 0.337 e. The molecule has 0 amide bonds. The van der Waals surface area contributed by atoms with Crippen LogP contribution in [0.3, 0.4) is 0 Å². The molecule has 0 unspecified atom stereocenters. The Labute approximate surface area is 128 Å². The van der Waals surface area contributed by atoms with E-state index in [0.717, 1.165) is 17.0 Å². The number of imidazole rings is 1. The quantitative estimate of drug-likeness (QED) is 0.694.